The number of hydrogen-bond acceptors (Lipinski definition) is 4. The van der Waals surface area contributed by atoms with Crippen molar-refractivity contribution in [3.63, 3.8) is 0 Å². The van der Waals surface area contributed by atoms with E-state index in [0.29, 0.717) is 0 Å². The third-order valence-electron chi connectivity index (χ3n) is 5.39. The van der Waals surface area contributed by atoms with E-state index < -0.39 is 18.6 Å². The molecule has 1 atom stereocenters. The first kappa shape index (κ1) is 14.6. The van der Waals surface area contributed by atoms with Crippen molar-refractivity contribution in [2.45, 2.75) is 50.1 Å². The fourth-order valence-corrected chi connectivity index (χ4v) is 5.02. The summed E-state index contributed by atoms with van der Waals surface area (Å²) in [6, 6.07) is -1.37. The Kier molecular flexibility index (Phi) is 3.82. The van der Waals surface area contributed by atoms with Gasteiger partial charge in [-0.1, -0.05) is 0 Å². The summed E-state index contributed by atoms with van der Waals surface area (Å²) < 4.78 is 4.56. The number of hydrogen-bond donors (Lipinski definition) is 3. The maximum atomic E-state index is 12.2. The minimum atomic E-state index is -0.996. The van der Waals surface area contributed by atoms with Crippen molar-refractivity contribution in [1.29, 1.82) is 0 Å². The molecule has 6 heteroatoms. The number of esters is 1. The molecule has 3 N–H and O–H groups in total. The molecule has 0 aliphatic heterocycles. The minimum Gasteiger partial charge on any atom is -0.467 e. The molecule has 118 valence electrons. The number of methoxy groups -OCH3 is 1. The van der Waals surface area contributed by atoms with Crippen LogP contribution >= 0.6 is 0 Å². The topological polar surface area (TPSA) is 87.7 Å². The van der Waals surface area contributed by atoms with Crippen LogP contribution in [0.3, 0.4) is 0 Å². The molecule has 0 saturated heterocycles. The summed E-state index contributed by atoms with van der Waals surface area (Å²) in [4.78, 5) is 23.6. The van der Waals surface area contributed by atoms with Gasteiger partial charge in [0.1, 0.15) is 0 Å². The van der Waals surface area contributed by atoms with Gasteiger partial charge in [-0.2, -0.15) is 0 Å². The molecular weight excluding hydrogens is 272 g/mol. The summed E-state index contributed by atoms with van der Waals surface area (Å²) >= 11 is 0. The normalized spacial score (nSPS) is 37.9. The summed E-state index contributed by atoms with van der Waals surface area (Å²) in [7, 11) is 1.24. The Morgan fingerprint density at radius 1 is 1.19 bits per heavy atom. The number of carbonyl (C=O) groups excluding carboxylic acids is 2. The van der Waals surface area contributed by atoms with Gasteiger partial charge < -0.3 is 20.5 Å². The molecule has 4 bridgehead atoms. The molecule has 0 aromatic rings. The van der Waals surface area contributed by atoms with Crippen LogP contribution in [0, 0.1) is 17.8 Å². The molecule has 1 unspecified atom stereocenters. The molecule has 0 aromatic carbocycles. The van der Waals surface area contributed by atoms with Crippen LogP contribution in [0.2, 0.25) is 0 Å². The lowest BCUT2D eigenvalue weighted by Gasteiger charge is -2.56. The highest BCUT2D eigenvalue weighted by atomic mass is 16.5. The van der Waals surface area contributed by atoms with Gasteiger partial charge in [-0.15, -0.1) is 0 Å². The Bertz CT molecular complexity index is 402. The van der Waals surface area contributed by atoms with Crippen molar-refractivity contribution in [3.05, 3.63) is 0 Å². The van der Waals surface area contributed by atoms with Gasteiger partial charge in [0.2, 0.25) is 0 Å². The van der Waals surface area contributed by atoms with Gasteiger partial charge >= 0.3 is 12.0 Å². The van der Waals surface area contributed by atoms with E-state index in [1.54, 1.807) is 0 Å². The van der Waals surface area contributed by atoms with E-state index in [4.69, 9.17) is 5.11 Å². The number of ether oxygens (including phenoxy) is 1. The molecule has 0 radical (unpaired) electrons. The van der Waals surface area contributed by atoms with Gasteiger partial charge in [-0.3, -0.25) is 0 Å². The number of rotatable bonds is 4. The number of aliphatic hydroxyl groups is 1. The molecule has 0 spiro atoms. The Hall–Kier alpha value is -1.30. The summed E-state index contributed by atoms with van der Waals surface area (Å²) in [5.74, 6) is 1.60. The average molecular weight is 296 g/mol. The second kappa shape index (κ2) is 5.48. The van der Waals surface area contributed by atoms with Crippen molar-refractivity contribution in [1.82, 2.24) is 10.6 Å². The minimum absolute atomic E-state index is 0.102. The lowest BCUT2D eigenvalue weighted by atomic mass is 9.53. The number of amides is 2. The van der Waals surface area contributed by atoms with Crippen LogP contribution in [0.5, 0.6) is 0 Å². The van der Waals surface area contributed by atoms with Crippen LogP contribution in [0.4, 0.5) is 4.79 Å². The van der Waals surface area contributed by atoms with E-state index in [2.05, 4.69) is 15.4 Å². The van der Waals surface area contributed by atoms with Gasteiger partial charge in [0.05, 0.1) is 13.7 Å². The van der Waals surface area contributed by atoms with Gasteiger partial charge in [-0.25, -0.2) is 9.59 Å². The Labute approximate surface area is 124 Å². The van der Waals surface area contributed by atoms with Crippen LogP contribution < -0.4 is 10.6 Å². The van der Waals surface area contributed by atoms with Gasteiger partial charge in [0.15, 0.2) is 6.04 Å². The van der Waals surface area contributed by atoms with Crippen molar-refractivity contribution in [2.75, 3.05) is 13.7 Å². The fraction of sp³-hybridized carbons (Fsp3) is 0.867. The van der Waals surface area contributed by atoms with Crippen LogP contribution in [0.1, 0.15) is 38.5 Å². The van der Waals surface area contributed by atoms with E-state index in [1.165, 1.54) is 26.4 Å². The predicted octanol–water partition coefficient (Wildman–Crippen LogP) is 0.788. The Balaban J connectivity index is 1.61. The summed E-state index contributed by atoms with van der Waals surface area (Å²) in [6.45, 7) is -0.457. The van der Waals surface area contributed by atoms with E-state index in [0.717, 1.165) is 37.0 Å². The highest BCUT2D eigenvalue weighted by Gasteiger charge is 2.51. The highest BCUT2D eigenvalue weighted by Crippen LogP contribution is 2.55. The molecule has 4 rings (SSSR count). The first-order chi connectivity index (χ1) is 10.0. The predicted molar refractivity (Wildman–Crippen MR) is 75.5 cm³/mol. The zero-order valence-corrected chi connectivity index (χ0v) is 12.4. The zero-order valence-electron chi connectivity index (χ0n) is 12.4. The molecule has 4 aliphatic rings. The van der Waals surface area contributed by atoms with Crippen molar-refractivity contribution in [2.24, 2.45) is 17.8 Å². The molecule has 2 amide bonds. The molecule has 21 heavy (non-hydrogen) atoms. The highest BCUT2D eigenvalue weighted by molar-refractivity contribution is 5.84. The lowest BCUT2D eigenvalue weighted by molar-refractivity contribution is -0.143. The van der Waals surface area contributed by atoms with E-state index in [1.807, 2.05) is 0 Å². The molecule has 6 nitrogen and oxygen atoms in total. The number of urea groups is 1. The SMILES string of the molecule is COC(=O)C(CO)NC(=O)NC12CC3CC(CC(C3)C1)C2. The van der Waals surface area contributed by atoms with Crippen molar-refractivity contribution >= 4 is 12.0 Å². The molecule has 4 saturated carbocycles. The summed E-state index contributed by atoms with van der Waals surface area (Å²) in [5, 5.41) is 14.8. The van der Waals surface area contributed by atoms with E-state index in [-0.39, 0.29) is 11.6 Å². The fourth-order valence-electron chi connectivity index (χ4n) is 5.02. The van der Waals surface area contributed by atoms with Gasteiger partial charge in [-0.05, 0) is 56.3 Å². The van der Waals surface area contributed by atoms with Crippen molar-refractivity contribution in [3.8, 4) is 0 Å². The smallest absolute Gasteiger partial charge is 0.330 e. The zero-order chi connectivity index (χ0) is 15.0. The van der Waals surface area contributed by atoms with Crippen LogP contribution in [-0.2, 0) is 9.53 Å². The Morgan fingerprint density at radius 3 is 2.14 bits per heavy atom. The van der Waals surface area contributed by atoms with E-state index >= 15 is 0 Å². The van der Waals surface area contributed by atoms with Crippen molar-refractivity contribution < 1.29 is 19.4 Å². The monoisotopic (exact) mass is 296 g/mol. The van der Waals surface area contributed by atoms with E-state index in [9.17, 15) is 9.59 Å². The second-order valence-corrected chi connectivity index (χ2v) is 7.05. The number of carbonyl (C=O) groups is 2. The van der Waals surface area contributed by atoms with Gasteiger partial charge in [0.25, 0.3) is 0 Å². The number of aliphatic hydroxyl groups excluding tert-OH is 1. The molecule has 4 fully saturated rings. The molecule has 0 heterocycles. The lowest BCUT2D eigenvalue weighted by Crippen LogP contribution is -2.62. The van der Waals surface area contributed by atoms with Gasteiger partial charge in [0, 0.05) is 5.54 Å². The third-order valence-corrected chi connectivity index (χ3v) is 5.39. The first-order valence-corrected chi connectivity index (χ1v) is 7.81. The number of nitrogens with one attached hydrogen (secondary N) is 2. The van der Waals surface area contributed by atoms with Crippen LogP contribution in [0.25, 0.3) is 0 Å². The maximum Gasteiger partial charge on any atom is 0.330 e. The molecule has 0 aromatic heterocycles. The third kappa shape index (κ3) is 2.86. The van der Waals surface area contributed by atoms with Crippen LogP contribution in [-0.4, -0.2) is 42.4 Å². The second-order valence-electron chi connectivity index (χ2n) is 7.05. The summed E-state index contributed by atoms with van der Waals surface area (Å²) in [6.07, 6.45) is 7.08. The molecular formula is C15H24N2O4. The first-order valence-electron chi connectivity index (χ1n) is 7.81. The maximum absolute atomic E-state index is 12.2. The Morgan fingerprint density at radius 2 is 1.71 bits per heavy atom. The van der Waals surface area contributed by atoms with Crippen LogP contribution in [0.15, 0.2) is 0 Å². The molecule has 4 aliphatic carbocycles. The quantitative estimate of drug-likeness (QED) is 0.669. The largest absolute Gasteiger partial charge is 0.467 e. The average Bonchev–Trinajstić information content (AvgIpc) is 2.41. The summed E-state index contributed by atoms with van der Waals surface area (Å²) in [5.41, 5.74) is -0.102. The standard InChI is InChI=1S/C15H24N2O4/c1-21-13(19)12(8-18)16-14(20)17-15-5-9-2-10(6-15)4-11(3-9)7-15/h9-12,18H,2-8H2,1H3,(H2,16,17,20).